The smallest absolute Gasteiger partial charge is 0.270 e. The van der Waals surface area contributed by atoms with Crippen molar-refractivity contribution in [2.75, 3.05) is 4.90 Å². The van der Waals surface area contributed by atoms with Crippen LogP contribution in [-0.4, -0.2) is 15.2 Å². The number of carbonyl (C=O) groups is 1. The van der Waals surface area contributed by atoms with Crippen LogP contribution >= 0.6 is 24.0 Å². The molecule has 4 rings (SSSR count). The molecule has 2 heterocycles. The number of nitro groups is 1. The van der Waals surface area contributed by atoms with Gasteiger partial charge in [-0.3, -0.25) is 19.8 Å². The van der Waals surface area contributed by atoms with Crippen molar-refractivity contribution in [1.82, 2.24) is 0 Å². The molecule has 1 saturated heterocycles. The molecule has 1 aromatic heterocycles. The number of furan rings is 1. The Morgan fingerprint density at radius 3 is 2.69 bits per heavy atom. The summed E-state index contributed by atoms with van der Waals surface area (Å²) < 4.78 is 19.5. The zero-order valence-electron chi connectivity index (χ0n) is 14.6. The van der Waals surface area contributed by atoms with E-state index in [1.54, 1.807) is 36.4 Å². The van der Waals surface area contributed by atoms with Crippen LogP contribution in [-0.2, 0) is 4.79 Å². The number of benzene rings is 2. The number of carbonyl (C=O) groups excluding carboxylic acids is 1. The van der Waals surface area contributed by atoms with Crippen LogP contribution < -0.4 is 4.90 Å². The molecule has 0 bridgehead atoms. The Labute approximate surface area is 173 Å². The van der Waals surface area contributed by atoms with Gasteiger partial charge in [0.05, 0.1) is 15.5 Å². The number of amides is 1. The van der Waals surface area contributed by atoms with Gasteiger partial charge < -0.3 is 4.42 Å². The van der Waals surface area contributed by atoms with Gasteiger partial charge in [-0.05, 0) is 30.3 Å². The van der Waals surface area contributed by atoms with E-state index >= 15 is 0 Å². The van der Waals surface area contributed by atoms with Crippen molar-refractivity contribution in [1.29, 1.82) is 0 Å². The minimum Gasteiger partial charge on any atom is -0.457 e. The van der Waals surface area contributed by atoms with Crippen molar-refractivity contribution in [3.63, 3.8) is 0 Å². The zero-order chi connectivity index (χ0) is 20.5. The fraction of sp³-hybridized carbons (Fsp3) is 0. The predicted octanol–water partition coefficient (Wildman–Crippen LogP) is 5.40. The molecule has 0 atom stereocenters. The highest BCUT2D eigenvalue weighted by Gasteiger charge is 2.33. The third-order valence-corrected chi connectivity index (χ3v) is 5.40. The van der Waals surface area contributed by atoms with Crippen LogP contribution in [0.5, 0.6) is 0 Å². The Bertz CT molecular complexity index is 1190. The zero-order valence-corrected chi connectivity index (χ0v) is 16.2. The summed E-state index contributed by atoms with van der Waals surface area (Å²) >= 11 is 6.35. The SMILES string of the molecule is O=C1/C(=C\c2ccc(-c3cccc([N+](=O)[O-])c3)o2)SC(=S)N1c1cccc(F)c1. The average molecular weight is 426 g/mol. The molecule has 2 aromatic carbocycles. The minimum atomic E-state index is -0.481. The summed E-state index contributed by atoms with van der Waals surface area (Å²) in [5, 5.41) is 10.9. The fourth-order valence-electron chi connectivity index (χ4n) is 2.79. The summed E-state index contributed by atoms with van der Waals surface area (Å²) in [5.74, 6) is -0.0149. The molecule has 0 radical (unpaired) electrons. The lowest BCUT2D eigenvalue weighted by atomic mass is 10.1. The number of nitro benzene ring substituents is 1. The highest BCUT2D eigenvalue weighted by atomic mass is 32.2. The van der Waals surface area contributed by atoms with E-state index in [9.17, 15) is 19.3 Å². The largest absolute Gasteiger partial charge is 0.457 e. The van der Waals surface area contributed by atoms with E-state index in [0.717, 1.165) is 11.8 Å². The van der Waals surface area contributed by atoms with Crippen LogP contribution in [0.15, 0.2) is 70.0 Å². The van der Waals surface area contributed by atoms with Crippen LogP contribution in [0.3, 0.4) is 0 Å². The van der Waals surface area contributed by atoms with Gasteiger partial charge in [0.2, 0.25) is 0 Å². The second-order valence-electron chi connectivity index (χ2n) is 6.01. The lowest BCUT2D eigenvalue weighted by Crippen LogP contribution is -2.27. The number of halogens is 1. The maximum absolute atomic E-state index is 13.5. The van der Waals surface area contributed by atoms with E-state index in [-0.39, 0.29) is 15.9 Å². The second-order valence-corrected chi connectivity index (χ2v) is 7.68. The van der Waals surface area contributed by atoms with Gasteiger partial charge in [0.25, 0.3) is 11.6 Å². The molecule has 1 aliphatic heterocycles. The van der Waals surface area contributed by atoms with Gasteiger partial charge >= 0.3 is 0 Å². The topological polar surface area (TPSA) is 76.6 Å². The molecule has 0 aliphatic carbocycles. The standard InChI is InChI=1S/C20H11FN2O4S2/c21-13-4-2-5-14(10-13)22-19(24)18(29-20(22)28)11-16-7-8-17(27-16)12-3-1-6-15(9-12)23(25)26/h1-11H/b18-11+. The van der Waals surface area contributed by atoms with E-state index in [1.807, 2.05) is 0 Å². The summed E-state index contributed by atoms with van der Waals surface area (Å²) in [4.78, 5) is 24.8. The van der Waals surface area contributed by atoms with E-state index in [2.05, 4.69) is 0 Å². The summed E-state index contributed by atoms with van der Waals surface area (Å²) in [6.07, 6.45) is 1.54. The molecule has 0 spiro atoms. The lowest BCUT2D eigenvalue weighted by molar-refractivity contribution is -0.384. The van der Waals surface area contributed by atoms with Gasteiger partial charge in [-0.25, -0.2) is 4.39 Å². The first-order valence-corrected chi connectivity index (χ1v) is 9.53. The average Bonchev–Trinajstić information content (AvgIpc) is 3.26. The van der Waals surface area contributed by atoms with Gasteiger partial charge in [-0.15, -0.1) is 0 Å². The van der Waals surface area contributed by atoms with Gasteiger partial charge in [-0.1, -0.05) is 42.2 Å². The quantitative estimate of drug-likeness (QED) is 0.241. The molecule has 1 amide bonds. The van der Waals surface area contributed by atoms with Crippen LogP contribution in [0.1, 0.15) is 5.76 Å². The molecule has 3 aromatic rings. The Balaban J connectivity index is 1.61. The minimum absolute atomic E-state index is 0.0450. The number of anilines is 1. The first kappa shape index (κ1) is 19.0. The fourth-order valence-corrected chi connectivity index (χ4v) is 4.07. The van der Waals surface area contributed by atoms with E-state index in [0.29, 0.717) is 27.7 Å². The number of rotatable bonds is 4. The van der Waals surface area contributed by atoms with Crippen LogP contribution in [0, 0.1) is 15.9 Å². The highest BCUT2D eigenvalue weighted by molar-refractivity contribution is 8.27. The first-order valence-electron chi connectivity index (χ1n) is 8.30. The molecular formula is C20H11FN2O4S2. The van der Waals surface area contributed by atoms with Crippen molar-refractivity contribution >= 4 is 51.7 Å². The summed E-state index contributed by atoms with van der Waals surface area (Å²) in [7, 11) is 0. The second kappa shape index (κ2) is 7.61. The monoisotopic (exact) mass is 426 g/mol. The molecule has 0 N–H and O–H groups in total. The molecule has 9 heteroatoms. The van der Waals surface area contributed by atoms with Gasteiger partial charge in [0, 0.05) is 23.8 Å². The maximum atomic E-state index is 13.5. The first-order chi connectivity index (χ1) is 13.9. The predicted molar refractivity (Wildman–Crippen MR) is 113 cm³/mol. The summed E-state index contributed by atoms with van der Waals surface area (Å²) in [6, 6.07) is 15.0. The Morgan fingerprint density at radius 2 is 1.93 bits per heavy atom. The molecule has 0 saturated carbocycles. The van der Waals surface area contributed by atoms with E-state index in [1.165, 1.54) is 35.2 Å². The lowest BCUT2D eigenvalue weighted by Gasteiger charge is -2.14. The Morgan fingerprint density at radius 1 is 1.14 bits per heavy atom. The van der Waals surface area contributed by atoms with Gasteiger partial charge in [0.15, 0.2) is 4.32 Å². The van der Waals surface area contributed by atoms with Crippen molar-refractivity contribution < 1.29 is 18.5 Å². The summed E-state index contributed by atoms with van der Waals surface area (Å²) in [5.41, 5.74) is 0.857. The number of thioether (sulfide) groups is 1. The van der Waals surface area contributed by atoms with E-state index in [4.69, 9.17) is 16.6 Å². The number of nitrogens with zero attached hydrogens (tertiary/aromatic N) is 2. The highest BCUT2D eigenvalue weighted by Crippen LogP contribution is 2.37. The Hall–Kier alpha value is -3.30. The van der Waals surface area contributed by atoms with Gasteiger partial charge in [0.1, 0.15) is 17.3 Å². The van der Waals surface area contributed by atoms with Crippen molar-refractivity contribution in [3.05, 3.63) is 87.3 Å². The molecule has 1 aliphatic rings. The Kier molecular flexibility index (Phi) is 4.99. The number of hydrogen-bond donors (Lipinski definition) is 0. The number of hydrogen-bond acceptors (Lipinski definition) is 6. The molecule has 6 nitrogen and oxygen atoms in total. The maximum Gasteiger partial charge on any atom is 0.270 e. The third kappa shape index (κ3) is 3.82. The van der Waals surface area contributed by atoms with Crippen LogP contribution in [0.4, 0.5) is 15.8 Å². The third-order valence-electron chi connectivity index (χ3n) is 4.10. The number of thiocarbonyl (C=S) groups is 1. The molecule has 0 unspecified atom stereocenters. The van der Waals surface area contributed by atoms with Crippen LogP contribution in [0.2, 0.25) is 0 Å². The van der Waals surface area contributed by atoms with Gasteiger partial charge in [-0.2, -0.15) is 0 Å². The molecule has 144 valence electrons. The van der Waals surface area contributed by atoms with Crippen molar-refractivity contribution in [2.45, 2.75) is 0 Å². The molecule has 29 heavy (non-hydrogen) atoms. The molecular weight excluding hydrogens is 415 g/mol. The van der Waals surface area contributed by atoms with Crippen molar-refractivity contribution in [3.8, 4) is 11.3 Å². The van der Waals surface area contributed by atoms with Crippen molar-refractivity contribution in [2.24, 2.45) is 0 Å². The van der Waals surface area contributed by atoms with Crippen LogP contribution in [0.25, 0.3) is 17.4 Å². The summed E-state index contributed by atoms with van der Waals surface area (Å²) in [6.45, 7) is 0. The normalized spacial score (nSPS) is 15.3. The van der Waals surface area contributed by atoms with E-state index < -0.39 is 10.7 Å². The molecule has 1 fully saturated rings. The number of non-ortho nitro benzene ring substituents is 1.